The zero-order valence-corrected chi connectivity index (χ0v) is 16.7. The maximum atomic E-state index is 14.6. The second-order valence-electron chi connectivity index (χ2n) is 7.52. The van der Waals surface area contributed by atoms with Gasteiger partial charge in [-0.3, -0.25) is 14.5 Å². The standard InChI is InChI=1S/C22H21F2N3O4/c23-18-3-1-2-15(12-18)16-4-5-17(19(24)13-16)14-25-8-10-26(11-9-25)22(30)31-27-20(28)6-7-21(27)29/h1-5,12-13H,6-11,14H2. The first-order valence-corrected chi connectivity index (χ1v) is 10.00. The van der Waals surface area contributed by atoms with Crippen molar-refractivity contribution in [3.8, 4) is 11.1 Å². The quantitative estimate of drug-likeness (QED) is 0.699. The van der Waals surface area contributed by atoms with Crippen molar-refractivity contribution >= 4 is 17.9 Å². The van der Waals surface area contributed by atoms with Crippen molar-refractivity contribution in [3.63, 3.8) is 0 Å². The molecule has 0 saturated carbocycles. The van der Waals surface area contributed by atoms with Crippen LogP contribution in [0.15, 0.2) is 42.5 Å². The molecule has 0 unspecified atom stereocenters. The van der Waals surface area contributed by atoms with Crippen LogP contribution in [0.2, 0.25) is 0 Å². The molecule has 0 spiro atoms. The van der Waals surface area contributed by atoms with Crippen LogP contribution >= 0.6 is 0 Å². The highest BCUT2D eigenvalue weighted by molar-refractivity contribution is 6.01. The lowest BCUT2D eigenvalue weighted by Crippen LogP contribution is -2.50. The Balaban J connectivity index is 1.32. The summed E-state index contributed by atoms with van der Waals surface area (Å²) < 4.78 is 28.0. The number of rotatable bonds is 4. The van der Waals surface area contributed by atoms with Gasteiger partial charge in [0.05, 0.1) is 0 Å². The van der Waals surface area contributed by atoms with Crippen molar-refractivity contribution in [1.82, 2.24) is 14.9 Å². The van der Waals surface area contributed by atoms with Gasteiger partial charge in [-0.1, -0.05) is 24.3 Å². The molecule has 0 radical (unpaired) electrons. The van der Waals surface area contributed by atoms with Crippen LogP contribution in [0.4, 0.5) is 13.6 Å². The van der Waals surface area contributed by atoms with Crippen molar-refractivity contribution in [2.24, 2.45) is 0 Å². The normalized spacial score (nSPS) is 17.4. The van der Waals surface area contributed by atoms with Gasteiger partial charge in [-0.05, 0) is 29.3 Å². The van der Waals surface area contributed by atoms with E-state index in [1.807, 2.05) is 4.90 Å². The second-order valence-corrected chi connectivity index (χ2v) is 7.52. The Morgan fingerprint density at radius 1 is 0.903 bits per heavy atom. The van der Waals surface area contributed by atoms with Crippen molar-refractivity contribution < 1.29 is 28.0 Å². The Morgan fingerprint density at radius 3 is 2.23 bits per heavy atom. The first-order chi connectivity index (χ1) is 14.9. The molecule has 0 atom stereocenters. The van der Waals surface area contributed by atoms with E-state index in [2.05, 4.69) is 0 Å². The van der Waals surface area contributed by atoms with Gasteiger partial charge in [0.25, 0.3) is 11.8 Å². The summed E-state index contributed by atoms with van der Waals surface area (Å²) in [6, 6.07) is 10.8. The van der Waals surface area contributed by atoms with Gasteiger partial charge in [-0.25, -0.2) is 13.6 Å². The van der Waals surface area contributed by atoms with E-state index in [-0.39, 0.29) is 24.5 Å². The molecule has 0 N–H and O–H groups in total. The summed E-state index contributed by atoms with van der Waals surface area (Å²) in [5.41, 5.74) is 1.70. The Labute approximate surface area is 177 Å². The highest BCUT2D eigenvalue weighted by Crippen LogP contribution is 2.24. The highest BCUT2D eigenvalue weighted by atomic mass is 19.1. The number of amides is 3. The molecule has 4 rings (SSSR count). The number of piperazine rings is 1. The summed E-state index contributed by atoms with van der Waals surface area (Å²) in [6.45, 7) is 2.00. The van der Waals surface area contributed by atoms with Crippen LogP contribution in [0.5, 0.6) is 0 Å². The van der Waals surface area contributed by atoms with Gasteiger partial charge in [0, 0.05) is 51.1 Å². The van der Waals surface area contributed by atoms with E-state index < -0.39 is 17.9 Å². The highest BCUT2D eigenvalue weighted by Gasteiger charge is 2.34. The Kier molecular flexibility index (Phi) is 5.94. The summed E-state index contributed by atoms with van der Waals surface area (Å²) >= 11 is 0. The minimum atomic E-state index is -0.742. The first-order valence-electron chi connectivity index (χ1n) is 10.00. The molecule has 2 aliphatic heterocycles. The maximum absolute atomic E-state index is 14.6. The van der Waals surface area contributed by atoms with E-state index in [1.165, 1.54) is 23.1 Å². The van der Waals surface area contributed by atoms with Gasteiger partial charge < -0.3 is 9.74 Å². The van der Waals surface area contributed by atoms with Crippen LogP contribution in [0.3, 0.4) is 0 Å². The first kappa shape index (κ1) is 20.9. The SMILES string of the molecule is O=C(ON1C(=O)CCC1=O)N1CCN(Cc2ccc(-c3cccc(F)c3)cc2F)CC1. The van der Waals surface area contributed by atoms with Crippen LogP contribution in [0.25, 0.3) is 11.1 Å². The molecule has 2 aromatic rings. The monoisotopic (exact) mass is 429 g/mol. The van der Waals surface area contributed by atoms with Crippen LogP contribution in [-0.4, -0.2) is 58.9 Å². The van der Waals surface area contributed by atoms with Crippen LogP contribution < -0.4 is 0 Å². The molecule has 2 saturated heterocycles. The summed E-state index contributed by atoms with van der Waals surface area (Å²) in [5, 5.41) is 0.532. The molecule has 2 aliphatic rings. The Morgan fingerprint density at radius 2 is 1.58 bits per heavy atom. The fourth-order valence-corrected chi connectivity index (χ4v) is 3.65. The van der Waals surface area contributed by atoms with E-state index in [0.29, 0.717) is 54.5 Å². The van der Waals surface area contributed by atoms with E-state index >= 15 is 0 Å². The molecule has 9 heteroatoms. The van der Waals surface area contributed by atoms with Crippen molar-refractivity contribution in [1.29, 1.82) is 0 Å². The molecule has 0 aromatic heterocycles. The smallest absolute Gasteiger partial charge is 0.311 e. The topological polar surface area (TPSA) is 70.2 Å². The Hall–Kier alpha value is -3.33. The number of hydroxylamine groups is 2. The number of nitrogens with zero attached hydrogens (tertiary/aromatic N) is 3. The lowest BCUT2D eigenvalue weighted by Gasteiger charge is -2.34. The van der Waals surface area contributed by atoms with Gasteiger partial charge in [-0.15, -0.1) is 5.06 Å². The largest absolute Gasteiger partial charge is 0.434 e. The van der Waals surface area contributed by atoms with Gasteiger partial charge >= 0.3 is 6.09 Å². The molecule has 162 valence electrons. The molecule has 31 heavy (non-hydrogen) atoms. The number of carbonyl (C=O) groups is 3. The zero-order valence-electron chi connectivity index (χ0n) is 16.7. The summed E-state index contributed by atoms with van der Waals surface area (Å²) in [5.74, 6) is -1.80. The molecule has 2 aromatic carbocycles. The number of imide groups is 1. The summed E-state index contributed by atoms with van der Waals surface area (Å²) in [7, 11) is 0. The fourth-order valence-electron chi connectivity index (χ4n) is 3.65. The zero-order chi connectivity index (χ0) is 22.0. The van der Waals surface area contributed by atoms with Crippen LogP contribution in [-0.2, 0) is 21.0 Å². The second kappa shape index (κ2) is 8.81. The Bertz CT molecular complexity index is 1010. The third-order valence-corrected chi connectivity index (χ3v) is 5.41. The number of benzene rings is 2. The predicted molar refractivity (Wildman–Crippen MR) is 106 cm³/mol. The van der Waals surface area contributed by atoms with Gasteiger partial charge in [0.15, 0.2) is 0 Å². The van der Waals surface area contributed by atoms with E-state index in [0.717, 1.165) is 0 Å². The minimum absolute atomic E-state index is 0.0451. The number of carbonyl (C=O) groups excluding carboxylic acids is 3. The average molecular weight is 429 g/mol. The van der Waals surface area contributed by atoms with Gasteiger partial charge in [0.2, 0.25) is 0 Å². The van der Waals surface area contributed by atoms with E-state index in [1.54, 1.807) is 24.3 Å². The van der Waals surface area contributed by atoms with Gasteiger partial charge in [-0.2, -0.15) is 0 Å². The molecule has 0 aliphatic carbocycles. The number of halogens is 2. The van der Waals surface area contributed by atoms with E-state index in [4.69, 9.17) is 4.84 Å². The summed E-state index contributed by atoms with van der Waals surface area (Å²) in [4.78, 5) is 43.7. The average Bonchev–Trinajstić information content (AvgIpc) is 3.07. The molecule has 0 bridgehead atoms. The van der Waals surface area contributed by atoms with Crippen molar-refractivity contribution in [3.05, 3.63) is 59.7 Å². The third-order valence-electron chi connectivity index (χ3n) is 5.41. The predicted octanol–water partition coefficient (Wildman–Crippen LogP) is 2.95. The molecule has 3 amide bonds. The molecule has 2 fully saturated rings. The maximum Gasteiger partial charge on any atom is 0.434 e. The van der Waals surface area contributed by atoms with Crippen molar-refractivity contribution in [2.75, 3.05) is 26.2 Å². The number of hydrogen-bond acceptors (Lipinski definition) is 5. The summed E-state index contributed by atoms with van der Waals surface area (Å²) in [6.07, 6.45) is -0.652. The van der Waals surface area contributed by atoms with E-state index in [9.17, 15) is 23.2 Å². The minimum Gasteiger partial charge on any atom is -0.311 e. The van der Waals surface area contributed by atoms with Crippen molar-refractivity contribution in [2.45, 2.75) is 19.4 Å². The molecular formula is C22H21F2N3O4. The number of hydrogen-bond donors (Lipinski definition) is 0. The lowest BCUT2D eigenvalue weighted by molar-refractivity contribution is -0.174. The molecule has 2 heterocycles. The molecule has 7 nitrogen and oxygen atoms in total. The fraction of sp³-hybridized carbons (Fsp3) is 0.318. The van der Waals surface area contributed by atoms with Crippen LogP contribution in [0, 0.1) is 11.6 Å². The molecular weight excluding hydrogens is 408 g/mol. The van der Waals surface area contributed by atoms with Gasteiger partial charge in [0.1, 0.15) is 11.6 Å². The third kappa shape index (κ3) is 4.72. The lowest BCUT2D eigenvalue weighted by atomic mass is 10.0. The van der Waals surface area contributed by atoms with Crippen LogP contribution in [0.1, 0.15) is 18.4 Å².